The van der Waals surface area contributed by atoms with Crippen molar-refractivity contribution >= 4 is 37.8 Å². The normalized spacial score (nSPS) is 13.5. The van der Waals surface area contributed by atoms with E-state index in [4.69, 9.17) is 0 Å². The average Bonchev–Trinajstić information content (AvgIpc) is 2.89. The van der Waals surface area contributed by atoms with E-state index in [2.05, 4.69) is 0 Å². The van der Waals surface area contributed by atoms with E-state index < -0.39 is 11.7 Å². The average molecular weight is 326 g/mol. The fourth-order valence-electron chi connectivity index (χ4n) is 1.95. The van der Waals surface area contributed by atoms with E-state index in [-0.39, 0.29) is 0 Å². The van der Waals surface area contributed by atoms with Crippen molar-refractivity contribution in [3.8, 4) is 0 Å². The molecule has 6 heteroatoms. The van der Waals surface area contributed by atoms with Gasteiger partial charge in [-0.25, -0.2) is 0 Å². The van der Waals surface area contributed by atoms with Gasteiger partial charge in [-0.2, -0.15) is 17.7 Å². The van der Waals surface area contributed by atoms with Crippen molar-refractivity contribution in [2.75, 3.05) is 7.05 Å². The van der Waals surface area contributed by atoms with E-state index in [9.17, 15) is 13.2 Å². The van der Waals surface area contributed by atoms with Crippen molar-refractivity contribution in [3.05, 3.63) is 58.1 Å². The highest BCUT2D eigenvalue weighted by molar-refractivity contribution is 7.35. The lowest BCUT2D eigenvalue weighted by molar-refractivity contribution is -0.137. The molecular formula is C15H11F3NS2+. The first-order valence-corrected chi connectivity index (χ1v) is 7.81. The Morgan fingerprint density at radius 3 is 2.24 bits per heavy atom. The molecular weight excluding hydrogens is 315 g/mol. The lowest BCUT2D eigenvalue weighted by Crippen LogP contribution is -2.14. The fraction of sp³-hybridized carbons (Fsp3) is 0.133. The van der Waals surface area contributed by atoms with Gasteiger partial charge in [-0.15, -0.1) is 0 Å². The van der Waals surface area contributed by atoms with Crippen molar-refractivity contribution < 1.29 is 13.2 Å². The Labute approximate surface area is 127 Å². The quantitative estimate of drug-likeness (QED) is 0.570. The maximum absolute atomic E-state index is 12.7. The lowest BCUT2D eigenvalue weighted by Gasteiger charge is -2.04. The second-order valence-corrected chi connectivity index (χ2v) is 6.84. The lowest BCUT2D eigenvalue weighted by atomic mass is 10.2. The Morgan fingerprint density at radius 1 is 0.905 bits per heavy atom. The van der Waals surface area contributed by atoms with Crippen molar-refractivity contribution in [1.82, 2.24) is 4.58 Å². The van der Waals surface area contributed by atoms with Crippen LogP contribution in [0.5, 0.6) is 0 Å². The van der Waals surface area contributed by atoms with Crippen molar-refractivity contribution in [1.29, 1.82) is 0 Å². The molecule has 1 aromatic heterocycles. The molecule has 3 aromatic rings. The zero-order chi connectivity index (χ0) is 15.0. The number of alkyl halides is 3. The molecule has 21 heavy (non-hydrogen) atoms. The van der Waals surface area contributed by atoms with Gasteiger partial charge >= 0.3 is 10.2 Å². The summed E-state index contributed by atoms with van der Waals surface area (Å²) < 4.78 is 42.7. The zero-order valence-corrected chi connectivity index (χ0v) is 12.6. The molecule has 0 atom stereocenters. The maximum Gasteiger partial charge on any atom is 0.416 e. The minimum Gasteiger partial charge on any atom is -0.177 e. The van der Waals surface area contributed by atoms with Gasteiger partial charge in [0.15, 0.2) is 0 Å². The Balaban J connectivity index is 2.18. The Morgan fingerprint density at radius 2 is 1.57 bits per heavy atom. The SMILES string of the molecule is C[N+](c1ccccc1)=c1sc2ccc(C(F)(F)F)cc2s1. The largest absolute Gasteiger partial charge is 0.416 e. The highest BCUT2D eigenvalue weighted by Gasteiger charge is 2.30. The minimum absolute atomic E-state index is 0.599. The summed E-state index contributed by atoms with van der Waals surface area (Å²) in [6.45, 7) is 0. The zero-order valence-electron chi connectivity index (χ0n) is 11.0. The standard InChI is InChI=1S/C15H11F3NS2/c1-19(11-5-3-2-4-6-11)14-20-12-8-7-10(15(16,17)18)9-13(12)21-14/h2-9H,1H3/q+1. The first-order valence-electron chi connectivity index (χ1n) is 6.18. The third kappa shape index (κ3) is 2.87. The molecule has 0 saturated carbocycles. The molecule has 0 aliphatic carbocycles. The Bertz CT molecular complexity index is 844. The van der Waals surface area contributed by atoms with E-state index in [0.717, 1.165) is 20.4 Å². The number of hydrogen-bond acceptors (Lipinski definition) is 2. The Kier molecular flexibility index (Phi) is 3.59. The topological polar surface area (TPSA) is 3.01 Å². The minimum atomic E-state index is -4.30. The second-order valence-electron chi connectivity index (χ2n) is 4.52. The molecule has 0 bridgehead atoms. The number of halogens is 3. The molecule has 108 valence electrons. The van der Waals surface area contributed by atoms with Crippen molar-refractivity contribution in [2.45, 2.75) is 6.18 Å². The highest BCUT2D eigenvalue weighted by atomic mass is 32.2. The van der Waals surface area contributed by atoms with E-state index in [1.807, 2.05) is 42.0 Å². The molecule has 0 unspecified atom stereocenters. The Hall–Kier alpha value is -1.66. The van der Waals surface area contributed by atoms with Gasteiger partial charge in [-0.3, -0.25) is 0 Å². The van der Waals surface area contributed by atoms with Gasteiger partial charge in [0.25, 0.3) is 0 Å². The summed E-state index contributed by atoms with van der Waals surface area (Å²) in [5, 5.41) is 0. The van der Waals surface area contributed by atoms with Crippen LogP contribution in [0.3, 0.4) is 0 Å². The molecule has 0 saturated heterocycles. The molecule has 0 amide bonds. The molecule has 0 aliphatic rings. The molecule has 2 aromatic carbocycles. The van der Waals surface area contributed by atoms with Crippen LogP contribution in [-0.2, 0) is 6.18 Å². The van der Waals surface area contributed by atoms with Crippen LogP contribution in [0, 0.1) is 0 Å². The molecule has 3 rings (SSSR count). The van der Waals surface area contributed by atoms with Gasteiger partial charge in [0.2, 0.25) is 5.69 Å². The van der Waals surface area contributed by atoms with E-state index >= 15 is 0 Å². The van der Waals surface area contributed by atoms with E-state index in [0.29, 0.717) is 4.70 Å². The number of nitrogens with zero attached hydrogens (tertiary/aromatic N) is 1. The summed E-state index contributed by atoms with van der Waals surface area (Å²) in [5.41, 5.74) is 0.411. The van der Waals surface area contributed by atoms with Gasteiger partial charge in [0, 0.05) is 12.1 Å². The van der Waals surface area contributed by atoms with Crippen LogP contribution < -0.4 is 8.56 Å². The van der Waals surface area contributed by atoms with E-state index in [1.54, 1.807) is 6.07 Å². The highest BCUT2D eigenvalue weighted by Crippen LogP contribution is 2.33. The molecule has 1 nitrogen and oxygen atoms in total. The number of fused-ring (bicyclic) bond motifs is 1. The fourth-order valence-corrected chi connectivity index (χ4v) is 4.42. The second kappa shape index (κ2) is 5.27. The molecule has 0 spiro atoms. The molecule has 1 heterocycles. The summed E-state index contributed by atoms with van der Waals surface area (Å²) in [6, 6.07) is 13.6. The number of para-hydroxylation sites is 1. The third-order valence-electron chi connectivity index (χ3n) is 3.08. The van der Waals surface area contributed by atoms with Gasteiger partial charge in [-0.1, -0.05) is 40.9 Å². The van der Waals surface area contributed by atoms with Crippen LogP contribution in [0.2, 0.25) is 0 Å². The number of benzene rings is 2. The monoisotopic (exact) mass is 326 g/mol. The predicted octanol–water partition coefficient (Wildman–Crippen LogP) is 4.72. The smallest absolute Gasteiger partial charge is 0.177 e. The van der Waals surface area contributed by atoms with Crippen LogP contribution in [0.4, 0.5) is 18.9 Å². The van der Waals surface area contributed by atoms with Crippen LogP contribution in [0.25, 0.3) is 9.40 Å². The van der Waals surface area contributed by atoms with Gasteiger partial charge in [0.1, 0.15) is 7.05 Å². The molecule has 0 aliphatic heterocycles. The summed E-state index contributed by atoms with van der Waals surface area (Å²) in [6.07, 6.45) is -4.30. The number of hydrogen-bond donors (Lipinski definition) is 0. The van der Waals surface area contributed by atoms with E-state index in [1.165, 1.54) is 28.7 Å². The molecule has 0 radical (unpaired) electrons. The van der Waals surface area contributed by atoms with Crippen molar-refractivity contribution in [2.24, 2.45) is 0 Å². The molecule has 0 N–H and O–H groups in total. The van der Waals surface area contributed by atoms with Crippen LogP contribution in [0.1, 0.15) is 5.56 Å². The molecule has 0 fully saturated rings. The third-order valence-corrected chi connectivity index (χ3v) is 5.74. The predicted molar refractivity (Wildman–Crippen MR) is 82.0 cm³/mol. The first-order chi connectivity index (χ1) is 9.95. The van der Waals surface area contributed by atoms with Crippen LogP contribution in [0.15, 0.2) is 48.5 Å². The first kappa shape index (κ1) is 14.3. The van der Waals surface area contributed by atoms with Gasteiger partial charge < -0.3 is 0 Å². The maximum atomic E-state index is 12.7. The van der Waals surface area contributed by atoms with Crippen LogP contribution >= 0.6 is 22.7 Å². The van der Waals surface area contributed by atoms with Gasteiger partial charge in [0.05, 0.1) is 15.0 Å². The van der Waals surface area contributed by atoms with Gasteiger partial charge in [-0.05, 0) is 18.2 Å². The number of rotatable bonds is 1. The summed E-state index contributed by atoms with van der Waals surface area (Å²) in [7, 11) is 1.92. The van der Waals surface area contributed by atoms with Crippen molar-refractivity contribution in [3.63, 3.8) is 0 Å². The summed E-state index contributed by atoms with van der Waals surface area (Å²) in [5.74, 6) is 0. The summed E-state index contributed by atoms with van der Waals surface area (Å²) in [4.78, 5) is 0. The summed E-state index contributed by atoms with van der Waals surface area (Å²) >= 11 is 2.87. The van der Waals surface area contributed by atoms with Crippen LogP contribution in [-0.4, -0.2) is 7.05 Å².